The van der Waals surface area contributed by atoms with Crippen LogP contribution in [-0.4, -0.2) is 34.3 Å². The van der Waals surface area contributed by atoms with Crippen molar-refractivity contribution >= 4 is 35.5 Å². The zero-order valence-electron chi connectivity index (χ0n) is 11.9. The van der Waals surface area contributed by atoms with Crippen molar-refractivity contribution in [3.63, 3.8) is 0 Å². The summed E-state index contributed by atoms with van der Waals surface area (Å²) in [6, 6.07) is 8.08. The molecule has 2 N–H and O–H groups in total. The fourth-order valence-corrected chi connectivity index (χ4v) is 2.07. The average molecular weight is 324 g/mol. The van der Waals surface area contributed by atoms with Gasteiger partial charge in [0.1, 0.15) is 0 Å². The molecule has 0 unspecified atom stereocenters. The number of carbonyl (C=O) groups is 2. The van der Waals surface area contributed by atoms with Crippen molar-refractivity contribution in [2.45, 2.75) is 0 Å². The highest BCUT2D eigenvalue weighted by molar-refractivity contribution is 5.97. The molecule has 0 aliphatic heterocycles. The molecule has 0 radical (unpaired) electrons. The van der Waals surface area contributed by atoms with Crippen molar-refractivity contribution in [1.82, 2.24) is 0 Å². The zero-order valence-corrected chi connectivity index (χ0v) is 11.9. The Morgan fingerprint density at radius 3 is 1.42 bits per heavy atom. The minimum atomic E-state index is -1.26. The van der Waals surface area contributed by atoms with Crippen LogP contribution in [0.3, 0.4) is 0 Å². The number of aromatic carboxylic acids is 2. The van der Waals surface area contributed by atoms with Crippen LogP contribution in [0.2, 0.25) is 0 Å². The summed E-state index contributed by atoms with van der Waals surface area (Å²) in [6.45, 7) is 0. The second-order valence-corrected chi connectivity index (χ2v) is 4.48. The van der Waals surface area contributed by atoms with Gasteiger partial charge >= 0.3 is 11.9 Å². The van der Waals surface area contributed by atoms with Crippen LogP contribution >= 0.6 is 0 Å². The van der Waals surface area contributed by atoms with E-state index in [-0.39, 0.29) is 22.5 Å². The molecular weight excluding hydrogens is 316 g/mol. The zero-order chi connectivity index (χ0) is 17.7. The Morgan fingerprint density at radius 2 is 1.12 bits per heavy atom. The van der Waals surface area contributed by atoms with Gasteiger partial charge in [-0.25, -0.2) is 19.2 Å². The van der Waals surface area contributed by atoms with E-state index in [1.807, 2.05) is 0 Å². The Bertz CT molecular complexity index is 860. The van der Waals surface area contributed by atoms with E-state index in [0.29, 0.717) is 11.1 Å². The summed E-state index contributed by atoms with van der Waals surface area (Å²) in [5.41, 5.74) is 0.336. The summed E-state index contributed by atoms with van der Waals surface area (Å²) in [5, 5.41) is 18.1. The fourth-order valence-electron chi connectivity index (χ4n) is 2.07. The molecule has 0 aliphatic rings. The number of hydrogen-bond donors (Lipinski definition) is 2. The van der Waals surface area contributed by atoms with Gasteiger partial charge in [-0.1, -0.05) is 12.1 Å². The van der Waals surface area contributed by atoms with E-state index in [1.54, 1.807) is 0 Å². The smallest absolute Gasteiger partial charge is 0.337 e. The van der Waals surface area contributed by atoms with Crippen molar-refractivity contribution in [1.29, 1.82) is 0 Å². The molecule has 0 atom stereocenters. The molecule has 0 aromatic heterocycles. The van der Waals surface area contributed by atoms with Crippen LogP contribution in [-0.2, 0) is 9.59 Å². The normalized spacial score (nSPS) is 9.50. The molecule has 0 saturated carbocycles. The topological polar surface area (TPSA) is 133 Å². The second-order valence-electron chi connectivity index (χ2n) is 4.48. The predicted molar refractivity (Wildman–Crippen MR) is 81.4 cm³/mol. The van der Waals surface area contributed by atoms with E-state index in [9.17, 15) is 19.2 Å². The Kier molecular flexibility index (Phi) is 4.77. The second kappa shape index (κ2) is 6.93. The van der Waals surface area contributed by atoms with Crippen molar-refractivity contribution in [3.8, 4) is 11.1 Å². The summed E-state index contributed by atoms with van der Waals surface area (Å²) >= 11 is 0. The van der Waals surface area contributed by atoms with E-state index in [4.69, 9.17) is 10.2 Å². The third kappa shape index (κ3) is 3.31. The number of isocyanates is 2. The minimum absolute atomic E-state index is 0.0993. The number of carbonyl (C=O) groups excluding carboxylic acids is 2. The SMILES string of the molecule is O=C=Nc1cc(-c2ccc(C(=O)O)c(N=C=O)c2)ccc1C(=O)O. The molecule has 8 heteroatoms. The van der Waals surface area contributed by atoms with Crippen LogP contribution in [0.5, 0.6) is 0 Å². The Hall–Kier alpha value is -3.86. The van der Waals surface area contributed by atoms with Crippen LogP contribution in [0, 0.1) is 0 Å². The van der Waals surface area contributed by atoms with E-state index in [1.165, 1.54) is 48.6 Å². The maximum atomic E-state index is 11.1. The number of aliphatic imine (C=N–C) groups is 2. The van der Waals surface area contributed by atoms with Gasteiger partial charge in [0, 0.05) is 0 Å². The monoisotopic (exact) mass is 324 g/mol. The lowest BCUT2D eigenvalue weighted by atomic mass is 10.00. The number of benzene rings is 2. The first-order valence-electron chi connectivity index (χ1n) is 6.38. The molecule has 0 fully saturated rings. The van der Waals surface area contributed by atoms with Gasteiger partial charge in [0.15, 0.2) is 0 Å². The van der Waals surface area contributed by atoms with Gasteiger partial charge in [0.2, 0.25) is 12.2 Å². The van der Waals surface area contributed by atoms with Crippen molar-refractivity contribution in [2.75, 3.05) is 0 Å². The van der Waals surface area contributed by atoms with Gasteiger partial charge in [0.25, 0.3) is 0 Å². The van der Waals surface area contributed by atoms with Gasteiger partial charge in [-0.2, -0.15) is 9.98 Å². The first-order chi connectivity index (χ1) is 11.5. The standard InChI is InChI=1S/C16H8N2O6/c19-7-17-13-5-9(1-3-11(13)15(21)22)10-2-4-12(16(23)24)14(6-10)18-8-20/h1-6H,(H,21,22)(H,23,24). The fraction of sp³-hybridized carbons (Fsp3) is 0. The predicted octanol–water partition coefficient (Wildman–Crippen LogP) is 2.68. The summed E-state index contributed by atoms with van der Waals surface area (Å²) < 4.78 is 0. The van der Waals surface area contributed by atoms with Gasteiger partial charge in [-0.15, -0.1) is 0 Å². The number of rotatable bonds is 5. The Labute approximate surface area is 134 Å². The molecular formula is C16H8N2O6. The first-order valence-corrected chi connectivity index (χ1v) is 6.38. The molecule has 0 saturated heterocycles. The highest BCUT2D eigenvalue weighted by atomic mass is 16.4. The summed E-state index contributed by atoms with van der Waals surface area (Å²) in [6.07, 6.45) is 2.56. The quantitative estimate of drug-likeness (QED) is 0.641. The molecule has 24 heavy (non-hydrogen) atoms. The van der Waals surface area contributed by atoms with Gasteiger partial charge in [-0.05, 0) is 35.4 Å². The van der Waals surface area contributed by atoms with Crippen molar-refractivity contribution in [2.24, 2.45) is 9.98 Å². The lowest BCUT2D eigenvalue weighted by Crippen LogP contribution is -1.98. The molecule has 0 amide bonds. The third-order valence-electron chi connectivity index (χ3n) is 3.12. The number of carboxylic acid groups (broad SMARTS) is 2. The molecule has 2 aromatic carbocycles. The van der Waals surface area contributed by atoms with E-state index < -0.39 is 11.9 Å². The lowest BCUT2D eigenvalue weighted by Gasteiger charge is -2.07. The van der Waals surface area contributed by atoms with Crippen LogP contribution in [0.4, 0.5) is 11.4 Å². The van der Waals surface area contributed by atoms with E-state index in [2.05, 4.69) is 9.98 Å². The molecule has 0 bridgehead atoms. The van der Waals surface area contributed by atoms with E-state index >= 15 is 0 Å². The number of carboxylic acids is 2. The third-order valence-corrected chi connectivity index (χ3v) is 3.12. The Morgan fingerprint density at radius 1 is 0.750 bits per heavy atom. The minimum Gasteiger partial charge on any atom is -0.478 e. The van der Waals surface area contributed by atoms with E-state index in [0.717, 1.165) is 0 Å². The van der Waals surface area contributed by atoms with Gasteiger partial charge in [0.05, 0.1) is 22.5 Å². The van der Waals surface area contributed by atoms with Crippen LogP contribution in [0.25, 0.3) is 11.1 Å². The maximum absolute atomic E-state index is 11.1. The largest absolute Gasteiger partial charge is 0.478 e. The molecule has 2 aromatic rings. The summed E-state index contributed by atoms with van der Waals surface area (Å²) in [5.74, 6) is -2.52. The molecule has 118 valence electrons. The highest BCUT2D eigenvalue weighted by Gasteiger charge is 2.14. The number of nitrogens with zero attached hydrogens (tertiary/aromatic N) is 2. The molecule has 0 spiro atoms. The van der Waals surface area contributed by atoms with Crippen molar-refractivity contribution < 1.29 is 29.4 Å². The Balaban J connectivity index is 2.64. The van der Waals surface area contributed by atoms with Crippen LogP contribution in [0.15, 0.2) is 46.4 Å². The number of hydrogen-bond acceptors (Lipinski definition) is 6. The van der Waals surface area contributed by atoms with Crippen LogP contribution < -0.4 is 0 Å². The van der Waals surface area contributed by atoms with Gasteiger partial charge in [-0.3, -0.25) is 0 Å². The first kappa shape index (κ1) is 16.5. The summed E-state index contributed by atoms with van der Waals surface area (Å²) in [4.78, 5) is 49.8. The molecule has 0 heterocycles. The van der Waals surface area contributed by atoms with Crippen LogP contribution in [0.1, 0.15) is 20.7 Å². The van der Waals surface area contributed by atoms with Gasteiger partial charge < -0.3 is 10.2 Å². The maximum Gasteiger partial charge on any atom is 0.337 e. The average Bonchev–Trinajstić information content (AvgIpc) is 2.55. The van der Waals surface area contributed by atoms with Crippen molar-refractivity contribution in [3.05, 3.63) is 47.5 Å². The molecule has 8 nitrogen and oxygen atoms in total. The highest BCUT2D eigenvalue weighted by Crippen LogP contribution is 2.31. The lowest BCUT2D eigenvalue weighted by molar-refractivity contribution is 0.0687. The summed E-state index contributed by atoms with van der Waals surface area (Å²) in [7, 11) is 0. The molecule has 2 rings (SSSR count). The molecule has 0 aliphatic carbocycles.